The Hall–Kier alpha value is -3.65. The van der Waals surface area contributed by atoms with E-state index < -0.39 is 36.2 Å². The van der Waals surface area contributed by atoms with Crippen LogP contribution in [0.2, 0.25) is 0 Å². The molecule has 5 rings (SSSR count). The molecule has 2 amide bonds. The number of aliphatic hydroxyl groups is 2. The summed E-state index contributed by atoms with van der Waals surface area (Å²) < 4.78 is 31.6. The number of amides is 2. The Morgan fingerprint density at radius 2 is 1.68 bits per heavy atom. The van der Waals surface area contributed by atoms with Gasteiger partial charge in [0.2, 0.25) is 12.1 Å². The van der Waals surface area contributed by atoms with Crippen molar-refractivity contribution < 1.29 is 48.3 Å². The minimum absolute atomic E-state index is 0.0270. The van der Waals surface area contributed by atoms with Crippen molar-refractivity contribution in [2.75, 3.05) is 46.6 Å². The maximum atomic E-state index is 13.8. The van der Waals surface area contributed by atoms with Crippen LogP contribution < -0.4 is 14.8 Å². The van der Waals surface area contributed by atoms with Crippen LogP contribution in [0, 0.1) is 17.8 Å². The predicted molar refractivity (Wildman–Crippen MR) is 245 cm³/mol. The molecule has 2 aliphatic heterocycles. The van der Waals surface area contributed by atoms with Crippen LogP contribution in [0.5, 0.6) is 11.5 Å². The third-order valence-electron chi connectivity index (χ3n) is 13.3. The monoisotopic (exact) mass is 882 g/mol. The van der Waals surface area contributed by atoms with Gasteiger partial charge in [-0.05, 0) is 87.0 Å². The Labute approximate surface area is 377 Å². The zero-order valence-electron chi connectivity index (χ0n) is 38.7. The van der Waals surface area contributed by atoms with Crippen LogP contribution >= 0.6 is 0 Å². The fourth-order valence-corrected chi connectivity index (χ4v) is 10.3. The Morgan fingerprint density at radius 1 is 0.952 bits per heavy atom. The van der Waals surface area contributed by atoms with Crippen molar-refractivity contribution in [3.8, 4) is 11.5 Å². The molecule has 13 heteroatoms. The Bertz CT molecular complexity index is 1610. The van der Waals surface area contributed by atoms with Gasteiger partial charge in [0.25, 0.3) is 0 Å². The molecule has 2 heterocycles. The standard InChI is InChI=1S/C50H79N3O10/c1-5-8-9-10-11-12-13-14-15-19-28-51-48(56)61-38-26-27-43-41(35-38)46-39(24-17-21-31-55)37(23-16-20-30-54)34-40-42(52-63-45-25-18-22-33-59-45)36-44(53(29-6-2)49(57)58-4)50(62-43,47(40)46)60-32-7-3/h7,26-27,34-35,37,39,44-47,54-55H,3,5-6,8-25,28-33,36H2,1-2,4H3,(H,51,56)/t37-,39+,44-,45?,46+,47+,50+/m0/s1. The minimum Gasteiger partial charge on any atom is -0.459 e. The first-order valence-electron chi connectivity index (χ1n) is 24.5. The number of oxime groups is 1. The number of hydrogen-bond donors (Lipinski definition) is 3. The maximum Gasteiger partial charge on any atom is 0.412 e. The lowest BCUT2D eigenvalue weighted by Gasteiger charge is -2.59. The average Bonchev–Trinajstić information content (AvgIpc) is 3.30. The second kappa shape index (κ2) is 27.0. The lowest BCUT2D eigenvalue weighted by Crippen LogP contribution is -2.70. The van der Waals surface area contributed by atoms with E-state index in [9.17, 15) is 19.8 Å². The van der Waals surface area contributed by atoms with Gasteiger partial charge >= 0.3 is 12.2 Å². The van der Waals surface area contributed by atoms with E-state index in [1.54, 1.807) is 17.0 Å². The zero-order valence-corrected chi connectivity index (χ0v) is 38.7. The van der Waals surface area contributed by atoms with E-state index in [1.807, 2.05) is 19.1 Å². The number of ether oxygens (including phenoxy) is 5. The fraction of sp³-hybridized carbons (Fsp3) is 0.740. The van der Waals surface area contributed by atoms with Crippen molar-refractivity contribution in [2.45, 2.75) is 173 Å². The van der Waals surface area contributed by atoms with Gasteiger partial charge in [0.05, 0.1) is 32.0 Å². The minimum atomic E-state index is -1.40. The van der Waals surface area contributed by atoms with Crippen LogP contribution in [0.4, 0.5) is 9.59 Å². The van der Waals surface area contributed by atoms with Gasteiger partial charge in [0.15, 0.2) is 0 Å². The smallest absolute Gasteiger partial charge is 0.412 e. The number of carbonyl (C=O) groups is 2. The number of unbranched alkanes of at least 4 members (excludes halogenated alkanes) is 11. The molecule has 13 nitrogen and oxygen atoms in total. The summed E-state index contributed by atoms with van der Waals surface area (Å²) in [6, 6.07) is 4.85. The number of carbonyl (C=O) groups excluding carboxylic acids is 2. The summed E-state index contributed by atoms with van der Waals surface area (Å²) in [5, 5.41) is 27.7. The second-order valence-corrected chi connectivity index (χ2v) is 17.8. The second-order valence-electron chi connectivity index (χ2n) is 17.8. The predicted octanol–water partition coefficient (Wildman–Crippen LogP) is 10.3. The number of methoxy groups -OCH3 is 1. The van der Waals surface area contributed by atoms with Crippen molar-refractivity contribution in [2.24, 2.45) is 22.9 Å². The molecule has 0 spiro atoms. The molecule has 1 aromatic rings. The molecule has 0 bridgehead atoms. The van der Waals surface area contributed by atoms with Crippen molar-refractivity contribution in [3.05, 3.63) is 48.1 Å². The fourth-order valence-electron chi connectivity index (χ4n) is 10.3. The van der Waals surface area contributed by atoms with Crippen molar-refractivity contribution in [3.63, 3.8) is 0 Å². The highest BCUT2D eigenvalue weighted by Gasteiger charge is 2.65. The van der Waals surface area contributed by atoms with Crippen LogP contribution in [0.3, 0.4) is 0 Å². The molecule has 2 fully saturated rings. The highest BCUT2D eigenvalue weighted by Crippen LogP contribution is 2.62. The van der Waals surface area contributed by atoms with Gasteiger partial charge < -0.3 is 44.1 Å². The molecule has 4 aliphatic rings. The maximum absolute atomic E-state index is 13.8. The Kier molecular flexibility index (Phi) is 21.6. The molecular weight excluding hydrogens is 803 g/mol. The van der Waals surface area contributed by atoms with Crippen LogP contribution in [0.1, 0.15) is 160 Å². The van der Waals surface area contributed by atoms with E-state index >= 15 is 0 Å². The number of rotatable bonds is 28. The summed E-state index contributed by atoms with van der Waals surface area (Å²) in [4.78, 5) is 35.0. The third-order valence-corrected chi connectivity index (χ3v) is 13.3. The first kappa shape index (κ1) is 50.4. The topological polar surface area (TPSA) is 158 Å². The number of nitrogens with zero attached hydrogens (tertiary/aromatic N) is 2. The summed E-state index contributed by atoms with van der Waals surface area (Å²) in [7, 11) is 1.39. The lowest BCUT2D eigenvalue weighted by atomic mass is 9.55. The molecule has 63 heavy (non-hydrogen) atoms. The van der Waals surface area contributed by atoms with Gasteiger partial charge in [0.1, 0.15) is 17.5 Å². The van der Waals surface area contributed by atoms with Crippen LogP contribution in [0.15, 0.2) is 47.7 Å². The van der Waals surface area contributed by atoms with E-state index in [1.165, 1.54) is 52.1 Å². The first-order valence-corrected chi connectivity index (χ1v) is 24.5. The normalized spacial score (nSPS) is 25.5. The van der Waals surface area contributed by atoms with Crippen LogP contribution in [-0.2, 0) is 19.0 Å². The highest BCUT2D eigenvalue weighted by atomic mass is 16.8. The summed E-state index contributed by atoms with van der Waals surface area (Å²) in [6.45, 7) is 10.1. The molecule has 7 atom stereocenters. The molecule has 1 unspecified atom stereocenters. The van der Waals surface area contributed by atoms with Crippen LogP contribution in [-0.4, -0.2) is 97.8 Å². The first-order chi connectivity index (χ1) is 30.8. The number of hydrogen-bond acceptors (Lipinski definition) is 11. The Morgan fingerprint density at radius 3 is 2.35 bits per heavy atom. The largest absolute Gasteiger partial charge is 0.459 e. The van der Waals surface area contributed by atoms with Crippen molar-refractivity contribution in [1.29, 1.82) is 0 Å². The summed E-state index contributed by atoms with van der Waals surface area (Å²) in [5.41, 5.74) is 2.50. The molecule has 0 aromatic heterocycles. The quantitative estimate of drug-likeness (QED) is 0.0420. The number of benzene rings is 1. The molecule has 2 aliphatic carbocycles. The van der Waals surface area contributed by atoms with Gasteiger partial charge in [-0.15, -0.1) is 6.58 Å². The van der Waals surface area contributed by atoms with Gasteiger partial charge in [0, 0.05) is 50.6 Å². The number of fused-ring (bicyclic) bond motifs is 2. The van der Waals surface area contributed by atoms with E-state index in [0.717, 1.165) is 75.3 Å². The SMILES string of the molecule is C=CCO[C@@]12Oc3ccc(OC(=O)NCCCCCCCCCCCC)cc3[C@H]3[C@H](CCCCO)[C@@H](CCCCO)C=C(C(=NOC4CCCCO4)C[C@@H]1N(CCC)C(=O)OC)[C@H]32. The summed E-state index contributed by atoms with van der Waals surface area (Å²) in [5.74, 6) is -1.07. The van der Waals surface area contributed by atoms with Crippen molar-refractivity contribution >= 4 is 17.9 Å². The summed E-state index contributed by atoms with van der Waals surface area (Å²) in [6.07, 6.45) is 22.8. The van der Waals surface area contributed by atoms with E-state index in [-0.39, 0.29) is 44.0 Å². The van der Waals surface area contributed by atoms with Crippen molar-refractivity contribution in [1.82, 2.24) is 10.2 Å². The highest BCUT2D eigenvalue weighted by molar-refractivity contribution is 6.03. The van der Waals surface area contributed by atoms with E-state index in [4.69, 9.17) is 33.7 Å². The molecule has 0 radical (unpaired) electrons. The van der Waals surface area contributed by atoms with Gasteiger partial charge in [-0.2, -0.15) is 0 Å². The molecule has 1 saturated heterocycles. The van der Waals surface area contributed by atoms with Gasteiger partial charge in [-0.25, -0.2) is 9.59 Å². The Balaban J connectivity index is 1.53. The van der Waals surface area contributed by atoms with E-state index in [0.29, 0.717) is 56.2 Å². The molecular formula is C50H79N3O10. The number of nitrogens with one attached hydrogen (secondary N) is 1. The molecule has 1 aromatic carbocycles. The molecule has 1 saturated carbocycles. The lowest BCUT2D eigenvalue weighted by molar-refractivity contribution is -0.255. The summed E-state index contributed by atoms with van der Waals surface area (Å²) >= 11 is 0. The van der Waals surface area contributed by atoms with Gasteiger partial charge in [-0.3, -0.25) is 4.90 Å². The average molecular weight is 882 g/mol. The molecule has 354 valence electrons. The zero-order chi connectivity index (χ0) is 44.9. The number of allylic oxidation sites excluding steroid dienone is 1. The third kappa shape index (κ3) is 13.7. The van der Waals surface area contributed by atoms with Crippen LogP contribution in [0.25, 0.3) is 0 Å². The molecule has 3 N–H and O–H groups in total. The van der Waals surface area contributed by atoms with E-state index in [2.05, 4.69) is 24.9 Å². The number of aliphatic hydroxyl groups excluding tert-OH is 2. The van der Waals surface area contributed by atoms with Gasteiger partial charge in [-0.1, -0.05) is 102 Å².